The topological polar surface area (TPSA) is 117 Å². The number of aliphatic hydroxyl groups is 4. The Balaban J connectivity index is 1.53. The first-order valence-electron chi connectivity index (χ1n) is 8.10. The number of rotatable bonds is 3. The maximum atomic E-state index is 10.0. The van der Waals surface area contributed by atoms with Gasteiger partial charge in [0.15, 0.2) is 6.29 Å². The number of piperazine rings is 1. The summed E-state index contributed by atoms with van der Waals surface area (Å²) in [5.41, 5.74) is 1.04. The molecule has 2 heterocycles. The predicted octanol–water partition coefficient (Wildman–Crippen LogP) is -1.69. The molecule has 2 aliphatic rings. The number of aromatic hydroxyl groups is 1. The molecule has 2 saturated heterocycles. The van der Waals surface area contributed by atoms with Crippen molar-refractivity contribution in [2.45, 2.75) is 30.7 Å². The van der Waals surface area contributed by atoms with Crippen molar-refractivity contribution in [2.75, 3.05) is 37.6 Å². The molecule has 0 amide bonds. The molecule has 24 heavy (non-hydrogen) atoms. The normalized spacial score (nSPS) is 35.2. The third-order valence-corrected chi connectivity index (χ3v) is 4.71. The quantitative estimate of drug-likeness (QED) is 0.443. The Morgan fingerprint density at radius 2 is 1.50 bits per heavy atom. The SMILES string of the molecule is Oc1ccc(N2CCN(C[C@H]3O[C@H](O)[C@H](O)[C@@H](O)[C@H]3O)CC2)cc1. The molecule has 1 aromatic carbocycles. The van der Waals surface area contributed by atoms with Crippen molar-refractivity contribution in [2.24, 2.45) is 0 Å². The highest BCUT2D eigenvalue weighted by Crippen LogP contribution is 2.23. The highest BCUT2D eigenvalue weighted by Gasteiger charge is 2.43. The summed E-state index contributed by atoms with van der Waals surface area (Å²) >= 11 is 0. The monoisotopic (exact) mass is 340 g/mol. The Bertz CT molecular complexity index is 534. The van der Waals surface area contributed by atoms with Crippen LogP contribution in [-0.2, 0) is 4.74 Å². The van der Waals surface area contributed by atoms with Crippen molar-refractivity contribution in [1.82, 2.24) is 4.90 Å². The van der Waals surface area contributed by atoms with Gasteiger partial charge in [0.2, 0.25) is 0 Å². The predicted molar refractivity (Wildman–Crippen MR) is 85.7 cm³/mol. The number of benzene rings is 1. The van der Waals surface area contributed by atoms with Crippen LogP contribution >= 0.6 is 0 Å². The minimum atomic E-state index is -1.50. The summed E-state index contributed by atoms with van der Waals surface area (Å²) in [5.74, 6) is 0.236. The van der Waals surface area contributed by atoms with Crippen molar-refractivity contribution < 1.29 is 30.3 Å². The van der Waals surface area contributed by atoms with Gasteiger partial charge < -0.3 is 35.2 Å². The summed E-state index contributed by atoms with van der Waals surface area (Å²) in [6, 6.07) is 7.05. The molecule has 1 aromatic rings. The number of anilines is 1. The zero-order valence-corrected chi connectivity index (χ0v) is 13.3. The number of ether oxygens (including phenoxy) is 1. The summed E-state index contributed by atoms with van der Waals surface area (Å²) in [4.78, 5) is 4.28. The van der Waals surface area contributed by atoms with Crippen LogP contribution in [0.15, 0.2) is 24.3 Å². The van der Waals surface area contributed by atoms with Crippen LogP contribution in [0.4, 0.5) is 5.69 Å². The van der Waals surface area contributed by atoms with E-state index in [2.05, 4.69) is 9.80 Å². The first-order chi connectivity index (χ1) is 11.5. The second-order valence-corrected chi connectivity index (χ2v) is 6.34. The Labute approximate surface area is 140 Å². The van der Waals surface area contributed by atoms with Crippen molar-refractivity contribution >= 4 is 5.69 Å². The van der Waals surface area contributed by atoms with E-state index < -0.39 is 30.7 Å². The smallest absolute Gasteiger partial charge is 0.184 e. The molecule has 0 bridgehead atoms. The fourth-order valence-electron chi connectivity index (χ4n) is 3.19. The number of nitrogens with zero attached hydrogens (tertiary/aromatic N) is 2. The van der Waals surface area contributed by atoms with Crippen molar-refractivity contribution in [3.63, 3.8) is 0 Å². The standard InChI is InChI=1S/C16H24N2O6/c19-11-3-1-10(2-4-11)18-7-5-17(6-8-18)9-12-13(20)14(21)15(22)16(23)24-12/h1-4,12-16,19-23H,5-9H2/t12-,13+,14+,15-,16+/m1/s1. The van der Waals surface area contributed by atoms with Crippen molar-refractivity contribution in [1.29, 1.82) is 0 Å². The van der Waals surface area contributed by atoms with Crippen LogP contribution in [0.1, 0.15) is 0 Å². The molecule has 3 rings (SSSR count). The van der Waals surface area contributed by atoms with Gasteiger partial charge in [0.05, 0.1) is 0 Å². The van der Waals surface area contributed by atoms with Gasteiger partial charge in [-0.25, -0.2) is 0 Å². The van der Waals surface area contributed by atoms with E-state index in [0.717, 1.165) is 31.9 Å². The molecule has 0 radical (unpaired) electrons. The van der Waals surface area contributed by atoms with Crippen LogP contribution in [0.5, 0.6) is 5.75 Å². The highest BCUT2D eigenvalue weighted by atomic mass is 16.6. The number of phenols is 1. The lowest BCUT2D eigenvalue weighted by molar-refractivity contribution is -0.283. The van der Waals surface area contributed by atoms with Gasteiger partial charge >= 0.3 is 0 Å². The molecule has 8 nitrogen and oxygen atoms in total. The Morgan fingerprint density at radius 3 is 2.12 bits per heavy atom. The van der Waals surface area contributed by atoms with Gasteiger partial charge in [0.1, 0.15) is 30.2 Å². The van der Waals surface area contributed by atoms with E-state index in [4.69, 9.17) is 4.74 Å². The molecule has 5 N–H and O–H groups in total. The molecule has 0 aliphatic carbocycles. The average molecular weight is 340 g/mol. The van der Waals surface area contributed by atoms with Crippen LogP contribution in [0.25, 0.3) is 0 Å². The largest absolute Gasteiger partial charge is 0.508 e. The van der Waals surface area contributed by atoms with Crippen LogP contribution in [0.3, 0.4) is 0 Å². The molecule has 0 saturated carbocycles. The Hall–Kier alpha value is -1.42. The number of hydrogen-bond donors (Lipinski definition) is 5. The van der Waals surface area contributed by atoms with Gasteiger partial charge in [-0.05, 0) is 24.3 Å². The molecule has 0 spiro atoms. The minimum Gasteiger partial charge on any atom is -0.508 e. The van der Waals surface area contributed by atoms with Crippen molar-refractivity contribution in [3.8, 4) is 5.75 Å². The summed E-state index contributed by atoms with van der Waals surface area (Å²) in [6.07, 6.45) is -6.40. The molecular weight excluding hydrogens is 316 g/mol. The number of aliphatic hydroxyl groups excluding tert-OH is 4. The molecule has 5 atom stereocenters. The Morgan fingerprint density at radius 1 is 0.875 bits per heavy atom. The van der Waals surface area contributed by atoms with Crippen LogP contribution < -0.4 is 4.90 Å². The molecule has 2 aliphatic heterocycles. The second kappa shape index (κ2) is 7.22. The van der Waals surface area contributed by atoms with Crippen molar-refractivity contribution in [3.05, 3.63) is 24.3 Å². The van der Waals surface area contributed by atoms with E-state index in [0.29, 0.717) is 6.54 Å². The molecule has 0 aromatic heterocycles. The van der Waals surface area contributed by atoms with E-state index in [-0.39, 0.29) is 5.75 Å². The van der Waals surface area contributed by atoms with E-state index in [1.165, 1.54) is 0 Å². The Kier molecular flexibility index (Phi) is 5.24. The van der Waals surface area contributed by atoms with Gasteiger partial charge in [0, 0.05) is 38.4 Å². The average Bonchev–Trinajstić information content (AvgIpc) is 2.59. The summed E-state index contributed by atoms with van der Waals surface area (Å²) < 4.78 is 5.22. The fourth-order valence-corrected chi connectivity index (χ4v) is 3.19. The summed E-state index contributed by atoms with van der Waals surface area (Å²) in [6.45, 7) is 3.40. The van der Waals surface area contributed by atoms with Gasteiger partial charge in [-0.3, -0.25) is 4.90 Å². The third-order valence-electron chi connectivity index (χ3n) is 4.71. The lowest BCUT2D eigenvalue weighted by Gasteiger charge is -2.42. The maximum Gasteiger partial charge on any atom is 0.184 e. The van der Waals surface area contributed by atoms with E-state index in [9.17, 15) is 25.5 Å². The van der Waals surface area contributed by atoms with Gasteiger partial charge in [0.25, 0.3) is 0 Å². The van der Waals surface area contributed by atoms with E-state index >= 15 is 0 Å². The van der Waals surface area contributed by atoms with Gasteiger partial charge in [-0.1, -0.05) is 0 Å². The van der Waals surface area contributed by atoms with Crippen LogP contribution in [-0.4, -0.2) is 93.9 Å². The zero-order valence-electron chi connectivity index (χ0n) is 13.3. The maximum absolute atomic E-state index is 10.0. The molecule has 134 valence electrons. The summed E-state index contributed by atoms with van der Waals surface area (Å²) in [5, 5.41) is 48.2. The highest BCUT2D eigenvalue weighted by molar-refractivity contribution is 5.49. The number of phenolic OH excluding ortho intramolecular Hbond substituents is 1. The third kappa shape index (κ3) is 3.64. The van der Waals surface area contributed by atoms with Crippen LogP contribution in [0.2, 0.25) is 0 Å². The minimum absolute atomic E-state index is 0.236. The first-order valence-corrected chi connectivity index (χ1v) is 8.10. The number of hydrogen-bond acceptors (Lipinski definition) is 8. The molecule has 8 heteroatoms. The molecule has 2 fully saturated rings. The van der Waals surface area contributed by atoms with Gasteiger partial charge in [-0.2, -0.15) is 0 Å². The molecular formula is C16H24N2O6. The van der Waals surface area contributed by atoms with E-state index in [1.54, 1.807) is 12.1 Å². The zero-order chi connectivity index (χ0) is 17.3. The second-order valence-electron chi connectivity index (χ2n) is 6.34. The van der Waals surface area contributed by atoms with Crippen LogP contribution in [0, 0.1) is 0 Å². The van der Waals surface area contributed by atoms with Gasteiger partial charge in [-0.15, -0.1) is 0 Å². The lowest BCUT2D eigenvalue weighted by Crippen LogP contribution is -2.61. The fraction of sp³-hybridized carbons (Fsp3) is 0.625. The summed E-state index contributed by atoms with van der Waals surface area (Å²) in [7, 11) is 0. The molecule has 0 unspecified atom stereocenters. The van der Waals surface area contributed by atoms with E-state index in [1.807, 2.05) is 12.1 Å². The lowest BCUT2D eigenvalue weighted by atomic mass is 9.98. The first kappa shape index (κ1) is 17.4.